The van der Waals surface area contributed by atoms with Gasteiger partial charge in [-0.1, -0.05) is 29.8 Å². The maximum absolute atomic E-state index is 13.1. The topological polar surface area (TPSA) is 12.0 Å². The first kappa shape index (κ1) is 10.2. The van der Waals surface area contributed by atoms with Crippen molar-refractivity contribution in [1.29, 1.82) is 0 Å². The second-order valence-corrected chi connectivity index (χ2v) is 3.06. The van der Waals surface area contributed by atoms with Crippen molar-refractivity contribution in [3.63, 3.8) is 0 Å². The van der Waals surface area contributed by atoms with Gasteiger partial charge in [0.1, 0.15) is 5.82 Å². The van der Waals surface area contributed by atoms with Gasteiger partial charge >= 0.3 is 0 Å². The lowest BCUT2D eigenvalue weighted by atomic mass is 10.2. The van der Waals surface area contributed by atoms with Gasteiger partial charge in [0.15, 0.2) is 0 Å². The minimum atomic E-state index is -0.292. The average Bonchev–Trinajstić information content (AvgIpc) is 2.09. The highest BCUT2D eigenvalue weighted by atomic mass is 35.5. The Morgan fingerprint density at radius 1 is 1.54 bits per heavy atom. The number of rotatable bonds is 3. The van der Waals surface area contributed by atoms with E-state index in [0.717, 1.165) is 6.54 Å². The van der Waals surface area contributed by atoms with Crippen molar-refractivity contribution in [2.75, 3.05) is 13.6 Å². The van der Waals surface area contributed by atoms with Gasteiger partial charge in [-0.25, -0.2) is 4.39 Å². The summed E-state index contributed by atoms with van der Waals surface area (Å²) in [6.45, 7) is 0.724. The molecule has 0 aliphatic heterocycles. The minimum absolute atomic E-state index is 0.292. The SMILES string of the molecule is CNCC=Cc1ccc(Cl)cc1F. The largest absolute Gasteiger partial charge is 0.316 e. The maximum Gasteiger partial charge on any atom is 0.131 e. The summed E-state index contributed by atoms with van der Waals surface area (Å²) in [5.74, 6) is -0.292. The van der Waals surface area contributed by atoms with Crippen LogP contribution in [0.25, 0.3) is 6.08 Å². The predicted molar refractivity (Wildman–Crippen MR) is 54.4 cm³/mol. The third kappa shape index (κ3) is 3.17. The van der Waals surface area contributed by atoms with E-state index in [4.69, 9.17) is 11.6 Å². The van der Waals surface area contributed by atoms with Gasteiger partial charge in [0.2, 0.25) is 0 Å². The molecule has 0 aromatic heterocycles. The van der Waals surface area contributed by atoms with Crippen LogP contribution in [0.2, 0.25) is 5.02 Å². The van der Waals surface area contributed by atoms with Gasteiger partial charge in [-0.15, -0.1) is 0 Å². The summed E-state index contributed by atoms with van der Waals surface area (Å²) in [7, 11) is 1.84. The van der Waals surface area contributed by atoms with Gasteiger partial charge in [0.05, 0.1) is 0 Å². The maximum atomic E-state index is 13.1. The minimum Gasteiger partial charge on any atom is -0.316 e. The highest BCUT2D eigenvalue weighted by molar-refractivity contribution is 6.30. The summed E-state index contributed by atoms with van der Waals surface area (Å²) in [6, 6.07) is 4.63. The fourth-order valence-corrected chi connectivity index (χ4v) is 1.10. The standard InChI is InChI=1S/C10H11ClFN/c1-13-6-2-3-8-4-5-9(11)7-10(8)12/h2-5,7,13H,6H2,1H3. The first-order chi connectivity index (χ1) is 6.24. The number of hydrogen-bond acceptors (Lipinski definition) is 1. The molecule has 0 aliphatic rings. The molecular formula is C10H11ClFN. The fourth-order valence-electron chi connectivity index (χ4n) is 0.940. The summed E-state index contributed by atoms with van der Waals surface area (Å²) in [6.07, 6.45) is 3.58. The summed E-state index contributed by atoms with van der Waals surface area (Å²) >= 11 is 5.60. The van der Waals surface area contributed by atoms with E-state index >= 15 is 0 Å². The zero-order valence-corrected chi connectivity index (χ0v) is 8.11. The Morgan fingerprint density at radius 2 is 2.31 bits per heavy atom. The van der Waals surface area contributed by atoms with E-state index in [1.165, 1.54) is 6.07 Å². The molecule has 0 spiro atoms. The molecule has 1 rings (SSSR count). The lowest BCUT2D eigenvalue weighted by Gasteiger charge is -1.96. The first-order valence-electron chi connectivity index (χ1n) is 4.00. The molecule has 0 atom stereocenters. The van der Waals surface area contributed by atoms with E-state index < -0.39 is 0 Å². The molecule has 0 saturated carbocycles. The predicted octanol–water partition coefficient (Wildman–Crippen LogP) is 2.71. The lowest BCUT2D eigenvalue weighted by Crippen LogP contribution is -2.03. The van der Waals surface area contributed by atoms with Gasteiger partial charge < -0.3 is 5.32 Å². The Labute approximate surface area is 82.2 Å². The van der Waals surface area contributed by atoms with Crippen LogP contribution in [0.3, 0.4) is 0 Å². The van der Waals surface area contributed by atoms with Gasteiger partial charge in [0.25, 0.3) is 0 Å². The Kier molecular flexibility index (Phi) is 3.93. The Bertz CT molecular complexity index is 310. The third-order valence-corrected chi connectivity index (χ3v) is 1.82. The molecule has 0 radical (unpaired) electrons. The molecule has 1 nitrogen and oxygen atoms in total. The van der Waals surface area contributed by atoms with Crippen LogP contribution in [-0.2, 0) is 0 Å². The second kappa shape index (κ2) is 5.00. The van der Waals surface area contributed by atoms with Crippen LogP contribution in [0, 0.1) is 5.82 Å². The van der Waals surface area contributed by atoms with Gasteiger partial charge in [-0.2, -0.15) is 0 Å². The van der Waals surface area contributed by atoms with Crippen LogP contribution < -0.4 is 5.32 Å². The molecule has 0 heterocycles. The van der Waals surface area contributed by atoms with E-state index in [9.17, 15) is 4.39 Å². The molecule has 0 amide bonds. The summed E-state index contributed by atoms with van der Waals surface area (Å²) in [5, 5.41) is 3.35. The van der Waals surface area contributed by atoms with E-state index in [1.807, 2.05) is 13.1 Å². The Hall–Kier alpha value is -0.860. The molecule has 0 bridgehead atoms. The fraction of sp³-hybridized carbons (Fsp3) is 0.200. The molecule has 0 aliphatic carbocycles. The van der Waals surface area contributed by atoms with Crippen molar-refractivity contribution >= 4 is 17.7 Å². The monoisotopic (exact) mass is 199 g/mol. The second-order valence-electron chi connectivity index (χ2n) is 2.63. The molecule has 0 unspecified atom stereocenters. The van der Waals surface area contributed by atoms with Gasteiger partial charge in [-0.3, -0.25) is 0 Å². The van der Waals surface area contributed by atoms with Gasteiger partial charge in [-0.05, 0) is 19.2 Å². The van der Waals surface area contributed by atoms with E-state index in [0.29, 0.717) is 10.6 Å². The molecular weight excluding hydrogens is 189 g/mol. The summed E-state index contributed by atoms with van der Waals surface area (Å²) < 4.78 is 13.1. The molecule has 70 valence electrons. The third-order valence-electron chi connectivity index (χ3n) is 1.58. The molecule has 1 aromatic rings. The highest BCUT2D eigenvalue weighted by Gasteiger charge is 1.97. The molecule has 13 heavy (non-hydrogen) atoms. The zero-order valence-electron chi connectivity index (χ0n) is 7.35. The quantitative estimate of drug-likeness (QED) is 0.790. The number of hydrogen-bond donors (Lipinski definition) is 1. The molecule has 0 saturated heterocycles. The van der Waals surface area contributed by atoms with Crippen LogP contribution >= 0.6 is 11.6 Å². The molecule has 3 heteroatoms. The van der Waals surface area contributed by atoms with E-state index in [1.54, 1.807) is 18.2 Å². The molecule has 1 aromatic carbocycles. The Balaban J connectivity index is 2.77. The van der Waals surface area contributed by atoms with Crippen molar-refractivity contribution in [2.24, 2.45) is 0 Å². The smallest absolute Gasteiger partial charge is 0.131 e. The molecule has 1 N–H and O–H groups in total. The van der Waals surface area contributed by atoms with Gasteiger partial charge in [0, 0.05) is 17.1 Å². The van der Waals surface area contributed by atoms with Crippen LogP contribution in [-0.4, -0.2) is 13.6 Å². The van der Waals surface area contributed by atoms with Crippen molar-refractivity contribution in [2.45, 2.75) is 0 Å². The number of benzene rings is 1. The van der Waals surface area contributed by atoms with Crippen LogP contribution in [0.4, 0.5) is 4.39 Å². The molecule has 0 fully saturated rings. The number of likely N-dealkylation sites (N-methyl/N-ethyl adjacent to an activating group) is 1. The van der Waals surface area contributed by atoms with Crippen molar-refractivity contribution in [1.82, 2.24) is 5.32 Å². The van der Waals surface area contributed by atoms with Crippen LogP contribution in [0.5, 0.6) is 0 Å². The number of halogens is 2. The normalized spacial score (nSPS) is 11.0. The van der Waals surface area contributed by atoms with E-state index in [-0.39, 0.29) is 5.82 Å². The zero-order chi connectivity index (χ0) is 9.68. The van der Waals surface area contributed by atoms with Crippen molar-refractivity contribution in [3.8, 4) is 0 Å². The van der Waals surface area contributed by atoms with Crippen molar-refractivity contribution in [3.05, 3.63) is 40.7 Å². The number of nitrogens with one attached hydrogen (secondary N) is 1. The van der Waals surface area contributed by atoms with Crippen LogP contribution in [0.1, 0.15) is 5.56 Å². The van der Waals surface area contributed by atoms with E-state index in [2.05, 4.69) is 5.32 Å². The first-order valence-corrected chi connectivity index (χ1v) is 4.38. The summed E-state index contributed by atoms with van der Waals surface area (Å²) in [4.78, 5) is 0. The average molecular weight is 200 g/mol. The highest BCUT2D eigenvalue weighted by Crippen LogP contribution is 2.15. The Morgan fingerprint density at radius 3 is 2.92 bits per heavy atom. The summed E-state index contributed by atoms with van der Waals surface area (Å²) in [5.41, 5.74) is 0.555. The van der Waals surface area contributed by atoms with Crippen molar-refractivity contribution < 1.29 is 4.39 Å². The van der Waals surface area contributed by atoms with Crippen LogP contribution in [0.15, 0.2) is 24.3 Å². The lowest BCUT2D eigenvalue weighted by molar-refractivity contribution is 0.625.